The van der Waals surface area contributed by atoms with Gasteiger partial charge in [-0.1, -0.05) is 0 Å². The highest BCUT2D eigenvalue weighted by Crippen LogP contribution is 2.15. The van der Waals surface area contributed by atoms with Crippen molar-refractivity contribution in [3.05, 3.63) is 39.9 Å². The van der Waals surface area contributed by atoms with Gasteiger partial charge in [0.25, 0.3) is 11.6 Å². The lowest BCUT2D eigenvalue weighted by atomic mass is 10.1. The Hall–Kier alpha value is -2.97. The number of aliphatic carboxylic acids is 1. The summed E-state index contributed by atoms with van der Waals surface area (Å²) < 4.78 is 0. The van der Waals surface area contributed by atoms with E-state index in [2.05, 4.69) is 0 Å². The van der Waals surface area contributed by atoms with E-state index in [0.717, 1.165) is 0 Å². The van der Waals surface area contributed by atoms with Crippen molar-refractivity contribution in [1.82, 2.24) is 9.80 Å². The molecule has 1 aromatic rings. The van der Waals surface area contributed by atoms with Gasteiger partial charge in [-0.05, 0) is 12.1 Å². The minimum absolute atomic E-state index is 0.0500. The maximum absolute atomic E-state index is 12.3. The molecule has 1 aliphatic rings. The molecule has 9 nitrogen and oxygen atoms in total. The Morgan fingerprint density at radius 2 is 1.54 bits per heavy atom. The molecule has 128 valence electrons. The Morgan fingerprint density at radius 1 is 1.00 bits per heavy atom. The van der Waals surface area contributed by atoms with E-state index in [4.69, 9.17) is 5.11 Å². The van der Waals surface area contributed by atoms with Crippen LogP contribution in [-0.4, -0.2) is 63.8 Å². The van der Waals surface area contributed by atoms with E-state index in [9.17, 15) is 24.5 Å². The lowest BCUT2D eigenvalue weighted by molar-refractivity contribution is -0.384. The van der Waals surface area contributed by atoms with E-state index in [1.54, 1.807) is 9.80 Å². The molecule has 1 fully saturated rings. The first-order valence-electron chi connectivity index (χ1n) is 7.42. The maximum Gasteiger partial charge on any atom is 0.303 e. The topological polar surface area (TPSA) is 121 Å². The molecule has 1 aromatic carbocycles. The summed E-state index contributed by atoms with van der Waals surface area (Å²) in [5.74, 6) is -1.50. The van der Waals surface area contributed by atoms with Crippen LogP contribution in [0.2, 0.25) is 0 Å². The van der Waals surface area contributed by atoms with Gasteiger partial charge in [0.2, 0.25) is 5.91 Å². The number of nitro groups is 1. The molecule has 2 rings (SSSR count). The molecule has 0 spiro atoms. The smallest absolute Gasteiger partial charge is 0.303 e. The number of rotatable bonds is 5. The van der Waals surface area contributed by atoms with Crippen LogP contribution in [0.3, 0.4) is 0 Å². The molecular formula is C15H17N3O6. The van der Waals surface area contributed by atoms with Crippen LogP contribution in [0.5, 0.6) is 0 Å². The van der Waals surface area contributed by atoms with Crippen LogP contribution in [0.4, 0.5) is 5.69 Å². The SMILES string of the molecule is O=C(O)CCC(=O)N1CCN(C(=O)c2ccc([N+](=O)[O-])cc2)CC1. The van der Waals surface area contributed by atoms with E-state index < -0.39 is 10.9 Å². The lowest BCUT2D eigenvalue weighted by Gasteiger charge is -2.34. The molecule has 1 N–H and O–H groups in total. The average molecular weight is 335 g/mol. The third kappa shape index (κ3) is 4.28. The summed E-state index contributed by atoms with van der Waals surface area (Å²) in [6.45, 7) is 1.37. The molecule has 0 radical (unpaired) electrons. The third-order valence-electron chi connectivity index (χ3n) is 3.80. The van der Waals surface area contributed by atoms with Gasteiger partial charge in [0.1, 0.15) is 0 Å². The number of non-ortho nitro benzene ring substituents is 1. The van der Waals surface area contributed by atoms with E-state index in [-0.39, 0.29) is 30.3 Å². The summed E-state index contributed by atoms with van der Waals surface area (Å²) in [5, 5.41) is 19.2. The van der Waals surface area contributed by atoms with E-state index in [1.165, 1.54) is 24.3 Å². The maximum atomic E-state index is 12.3. The molecular weight excluding hydrogens is 318 g/mol. The molecule has 1 aliphatic heterocycles. The van der Waals surface area contributed by atoms with Crippen molar-refractivity contribution in [3.63, 3.8) is 0 Å². The van der Waals surface area contributed by atoms with Crippen LogP contribution >= 0.6 is 0 Å². The molecule has 9 heteroatoms. The second-order valence-corrected chi connectivity index (χ2v) is 5.37. The van der Waals surface area contributed by atoms with Crippen molar-refractivity contribution in [2.75, 3.05) is 26.2 Å². The summed E-state index contributed by atoms with van der Waals surface area (Å²) >= 11 is 0. The minimum atomic E-state index is -1.02. The predicted molar refractivity (Wildman–Crippen MR) is 82.4 cm³/mol. The first kappa shape index (κ1) is 17.4. The second kappa shape index (κ2) is 7.53. The zero-order valence-corrected chi connectivity index (χ0v) is 12.9. The lowest BCUT2D eigenvalue weighted by Crippen LogP contribution is -2.50. The van der Waals surface area contributed by atoms with E-state index in [0.29, 0.717) is 31.7 Å². The minimum Gasteiger partial charge on any atom is -0.481 e. The van der Waals surface area contributed by atoms with E-state index >= 15 is 0 Å². The van der Waals surface area contributed by atoms with Gasteiger partial charge in [0.05, 0.1) is 11.3 Å². The predicted octanol–water partition coefficient (Wildman–Crippen LogP) is 0.744. The number of amides is 2. The number of piperazine rings is 1. The number of carbonyl (C=O) groups excluding carboxylic acids is 2. The number of benzene rings is 1. The van der Waals surface area contributed by atoms with Gasteiger partial charge in [0, 0.05) is 50.3 Å². The number of carbonyl (C=O) groups is 3. The van der Waals surface area contributed by atoms with Crippen molar-refractivity contribution in [2.24, 2.45) is 0 Å². The Labute approximate surface area is 137 Å². The van der Waals surface area contributed by atoms with Crippen LogP contribution in [0.25, 0.3) is 0 Å². The number of hydrogen-bond donors (Lipinski definition) is 1. The molecule has 0 saturated carbocycles. The largest absolute Gasteiger partial charge is 0.481 e. The quantitative estimate of drug-likeness (QED) is 0.626. The Morgan fingerprint density at radius 3 is 2.04 bits per heavy atom. The molecule has 1 saturated heterocycles. The Kier molecular flexibility index (Phi) is 5.46. The van der Waals surface area contributed by atoms with Crippen molar-refractivity contribution >= 4 is 23.5 Å². The molecule has 2 amide bonds. The number of nitrogens with zero attached hydrogens (tertiary/aromatic N) is 3. The molecule has 1 heterocycles. The Balaban J connectivity index is 1.89. The van der Waals surface area contributed by atoms with Gasteiger partial charge < -0.3 is 14.9 Å². The van der Waals surface area contributed by atoms with Crippen molar-refractivity contribution in [3.8, 4) is 0 Å². The third-order valence-corrected chi connectivity index (χ3v) is 3.80. The van der Waals surface area contributed by atoms with Crippen LogP contribution < -0.4 is 0 Å². The number of nitro benzene ring substituents is 1. The molecule has 0 atom stereocenters. The van der Waals surface area contributed by atoms with Crippen molar-refractivity contribution < 1.29 is 24.4 Å². The van der Waals surface area contributed by atoms with Crippen LogP contribution in [0.15, 0.2) is 24.3 Å². The molecule has 0 aliphatic carbocycles. The average Bonchev–Trinajstić information content (AvgIpc) is 2.59. The highest BCUT2D eigenvalue weighted by molar-refractivity contribution is 5.94. The van der Waals surface area contributed by atoms with E-state index in [1.807, 2.05) is 0 Å². The van der Waals surface area contributed by atoms with Gasteiger partial charge in [-0.3, -0.25) is 24.5 Å². The highest BCUT2D eigenvalue weighted by atomic mass is 16.6. The summed E-state index contributed by atoms with van der Waals surface area (Å²) in [4.78, 5) is 47.9. The summed E-state index contributed by atoms with van der Waals surface area (Å²) in [6.07, 6.45) is -0.258. The molecule has 0 bridgehead atoms. The summed E-state index contributed by atoms with van der Waals surface area (Å²) in [7, 11) is 0. The van der Waals surface area contributed by atoms with Crippen LogP contribution in [0, 0.1) is 10.1 Å². The monoisotopic (exact) mass is 335 g/mol. The molecule has 0 aromatic heterocycles. The first-order chi connectivity index (χ1) is 11.4. The first-order valence-corrected chi connectivity index (χ1v) is 7.42. The van der Waals surface area contributed by atoms with Gasteiger partial charge in [-0.25, -0.2) is 0 Å². The number of carboxylic acids is 1. The normalized spacial score (nSPS) is 14.3. The van der Waals surface area contributed by atoms with Crippen molar-refractivity contribution in [2.45, 2.75) is 12.8 Å². The number of carboxylic acid groups (broad SMARTS) is 1. The van der Waals surface area contributed by atoms with Gasteiger partial charge in [-0.15, -0.1) is 0 Å². The van der Waals surface area contributed by atoms with Gasteiger partial charge in [0.15, 0.2) is 0 Å². The highest BCUT2D eigenvalue weighted by Gasteiger charge is 2.25. The summed E-state index contributed by atoms with van der Waals surface area (Å²) in [6, 6.07) is 5.37. The van der Waals surface area contributed by atoms with Crippen LogP contribution in [-0.2, 0) is 9.59 Å². The summed E-state index contributed by atoms with van der Waals surface area (Å²) in [5.41, 5.74) is 0.270. The zero-order chi connectivity index (χ0) is 17.7. The molecule has 0 unspecified atom stereocenters. The molecule has 24 heavy (non-hydrogen) atoms. The van der Waals surface area contributed by atoms with Crippen LogP contribution in [0.1, 0.15) is 23.2 Å². The zero-order valence-electron chi connectivity index (χ0n) is 12.9. The standard InChI is InChI=1S/C15H17N3O6/c19-13(5-6-14(20)21)16-7-9-17(10-8-16)15(22)11-1-3-12(4-2-11)18(23)24/h1-4H,5-10H2,(H,20,21). The second-order valence-electron chi connectivity index (χ2n) is 5.37. The van der Waals surface area contributed by atoms with Gasteiger partial charge in [-0.2, -0.15) is 0 Å². The van der Waals surface area contributed by atoms with Gasteiger partial charge >= 0.3 is 5.97 Å². The Bertz CT molecular complexity index is 650. The van der Waals surface area contributed by atoms with Crippen molar-refractivity contribution in [1.29, 1.82) is 0 Å². The number of hydrogen-bond acceptors (Lipinski definition) is 5. The fraction of sp³-hybridized carbons (Fsp3) is 0.400. The fourth-order valence-corrected chi connectivity index (χ4v) is 2.44. The fourth-order valence-electron chi connectivity index (χ4n) is 2.44.